The summed E-state index contributed by atoms with van der Waals surface area (Å²) in [4.78, 5) is 11.3. The van der Waals surface area contributed by atoms with Crippen molar-refractivity contribution >= 4 is 23.6 Å². The molecule has 0 aliphatic heterocycles. The molecule has 0 radical (unpaired) electrons. The van der Waals surface area contributed by atoms with Crippen LogP contribution in [0.2, 0.25) is 5.02 Å². The van der Waals surface area contributed by atoms with E-state index in [9.17, 15) is 4.79 Å². The molecule has 0 aliphatic carbocycles. The Morgan fingerprint density at radius 3 is 2.94 bits per heavy atom. The highest BCUT2D eigenvalue weighted by Crippen LogP contribution is 2.14. The summed E-state index contributed by atoms with van der Waals surface area (Å²) in [5.74, 6) is -0.620. The fourth-order valence-corrected chi connectivity index (χ4v) is 1.31. The summed E-state index contributed by atoms with van der Waals surface area (Å²) in [6.45, 7) is 1.93. The zero-order valence-corrected chi connectivity index (χ0v) is 9.49. The lowest BCUT2D eigenvalue weighted by atomic mass is 10.1. The standard InChI is InChI=1S/C12H10ClNO2/c1-2-16-12(15)10(8-14)6-9-4-3-5-11(13)7-9/h3-7H,2H2,1H3/b10-6+. The average molecular weight is 236 g/mol. The molecule has 0 bridgehead atoms. The molecular formula is C12H10ClNO2. The maximum atomic E-state index is 11.3. The SMILES string of the molecule is CCOC(=O)/C(C#N)=C/c1cccc(Cl)c1. The number of nitriles is 1. The van der Waals surface area contributed by atoms with Gasteiger partial charge in [0.15, 0.2) is 0 Å². The van der Waals surface area contributed by atoms with Crippen LogP contribution in [0.15, 0.2) is 29.8 Å². The highest BCUT2D eigenvalue weighted by Gasteiger charge is 2.09. The van der Waals surface area contributed by atoms with E-state index in [0.717, 1.165) is 0 Å². The molecule has 0 spiro atoms. The van der Waals surface area contributed by atoms with E-state index < -0.39 is 5.97 Å². The van der Waals surface area contributed by atoms with E-state index in [0.29, 0.717) is 10.6 Å². The number of carbonyl (C=O) groups excluding carboxylic acids is 1. The number of nitrogens with zero attached hydrogens (tertiary/aromatic N) is 1. The first-order chi connectivity index (χ1) is 7.67. The van der Waals surface area contributed by atoms with E-state index >= 15 is 0 Å². The number of halogens is 1. The third kappa shape index (κ3) is 3.41. The van der Waals surface area contributed by atoms with Crippen LogP contribution in [0, 0.1) is 11.3 Å². The van der Waals surface area contributed by atoms with Crippen LogP contribution in [-0.2, 0) is 9.53 Å². The van der Waals surface area contributed by atoms with Gasteiger partial charge in [-0.25, -0.2) is 4.79 Å². The van der Waals surface area contributed by atoms with Gasteiger partial charge in [0.05, 0.1) is 6.61 Å². The highest BCUT2D eigenvalue weighted by molar-refractivity contribution is 6.30. The summed E-state index contributed by atoms with van der Waals surface area (Å²) in [6.07, 6.45) is 1.45. The summed E-state index contributed by atoms with van der Waals surface area (Å²) in [5, 5.41) is 9.35. The van der Waals surface area contributed by atoms with Gasteiger partial charge in [-0.1, -0.05) is 23.7 Å². The second-order valence-corrected chi connectivity index (χ2v) is 3.38. The second kappa shape index (κ2) is 5.94. The Morgan fingerprint density at radius 2 is 2.38 bits per heavy atom. The van der Waals surface area contributed by atoms with Crippen molar-refractivity contribution in [2.75, 3.05) is 6.61 Å². The van der Waals surface area contributed by atoms with Gasteiger partial charge in [-0.15, -0.1) is 0 Å². The van der Waals surface area contributed by atoms with Gasteiger partial charge in [0.25, 0.3) is 0 Å². The smallest absolute Gasteiger partial charge is 0.348 e. The van der Waals surface area contributed by atoms with Crippen LogP contribution < -0.4 is 0 Å². The zero-order valence-electron chi connectivity index (χ0n) is 8.74. The average Bonchev–Trinajstić information content (AvgIpc) is 2.26. The summed E-state index contributed by atoms with van der Waals surface area (Å²) < 4.78 is 4.73. The van der Waals surface area contributed by atoms with E-state index in [1.54, 1.807) is 37.3 Å². The minimum Gasteiger partial charge on any atom is -0.462 e. The Morgan fingerprint density at radius 1 is 1.62 bits per heavy atom. The zero-order chi connectivity index (χ0) is 12.0. The van der Waals surface area contributed by atoms with Gasteiger partial charge in [0.1, 0.15) is 11.6 Å². The third-order valence-electron chi connectivity index (χ3n) is 1.78. The van der Waals surface area contributed by atoms with Gasteiger partial charge in [0.2, 0.25) is 0 Å². The minimum atomic E-state index is -0.620. The monoisotopic (exact) mass is 235 g/mol. The normalized spacial score (nSPS) is 10.7. The van der Waals surface area contributed by atoms with Crippen LogP contribution >= 0.6 is 11.6 Å². The second-order valence-electron chi connectivity index (χ2n) is 2.95. The Balaban J connectivity index is 2.97. The number of rotatable bonds is 3. The van der Waals surface area contributed by atoms with Crippen LogP contribution in [0.1, 0.15) is 12.5 Å². The first-order valence-electron chi connectivity index (χ1n) is 4.72. The highest BCUT2D eigenvalue weighted by atomic mass is 35.5. The van der Waals surface area contributed by atoms with Crippen molar-refractivity contribution in [2.45, 2.75) is 6.92 Å². The van der Waals surface area contributed by atoms with Crippen LogP contribution in [-0.4, -0.2) is 12.6 Å². The molecule has 82 valence electrons. The Bertz CT molecular complexity index is 460. The van der Waals surface area contributed by atoms with E-state index in [1.165, 1.54) is 6.08 Å². The molecule has 1 aromatic rings. The molecule has 0 unspecified atom stereocenters. The fourth-order valence-electron chi connectivity index (χ4n) is 1.11. The molecule has 16 heavy (non-hydrogen) atoms. The van der Waals surface area contributed by atoms with Crippen molar-refractivity contribution in [1.29, 1.82) is 5.26 Å². The van der Waals surface area contributed by atoms with E-state index in [2.05, 4.69) is 0 Å². The molecule has 4 heteroatoms. The molecule has 0 atom stereocenters. The number of esters is 1. The first kappa shape index (κ1) is 12.3. The molecule has 0 fully saturated rings. The van der Waals surface area contributed by atoms with Gasteiger partial charge < -0.3 is 4.74 Å². The number of hydrogen-bond acceptors (Lipinski definition) is 3. The Hall–Kier alpha value is -1.79. The molecule has 0 heterocycles. The molecular weight excluding hydrogens is 226 g/mol. The Kier molecular flexibility index (Phi) is 4.56. The van der Waals surface area contributed by atoms with Gasteiger partial charge in [-0.3, -0.25) is 0 Å². The van der Waals surface area contributed by atoms with E-state index in [1.807, 2.05) is 0 Å². The molecule has 1 rings (SSSR count). The molecule has 1 aromatic carbocycles. The first-order valence-corrected chi connectivity index (χ1v) is 5.09. The number of ether oxygens (including phenoxy) is 1. The fraction of sp³-hybridized carbons (Fsp3) is 0.167. The predicted octanol–water partition coefficient (Wildman–Crippen LogP) is 2.81. The molecule has 0 amide bonds. The molecule has 0 aliphatic rings. The van der Waals surface area contributed by atoms with E-state index in [4.69, 9.17) is 21.6 Å². The molecule has 0 aromatic heterocycles. The number of benzene rings is 1. The van der Waals surface area contributed by atoms with Crippen LogP contribution in [0.4, 0.5) is 0 Å². The van der Waals surface area contributed by atoms with Crippen molar-refractivity contribution in [3.8, 4) is 6.07 Å². The maximum absolute atomic E-state index is 11.3. The summed E-state index contributed by atoms with van der Waals surface area (Å²) >= 11 is 5.78. The van der Waals surface area contributed by atoms with Crippen molar-refractivity contribution in [1.82, 2.24) is 0 Å². The number of carbonyl (C=O) groups is 1. The van der Waals surface area contributed by atoms with Crippen LogP contribution in [0.25, 0.3) is 6.08 Å². The largest absolute Gasteiger partial charge is 0.462 e. The van der Waals surface area contributed by atoms with E-state index in [-0.39, 0.29) is 12.2 Å². The molecule has 0 N–H and O–H groups in total. The molecule has 0 saturated heterocycles. The van der Waals surface area contributed by atoms with Crippen molar-refractivity contribution in [3.05, 3.63) is 40.4 Å². The lowest BCUT2D eigenvalue weighted by Crippen LogP contribution is -2.05. The lowest BCUT2D eigenvalue weighted by molar-refractivity contribution is -0.137. The predicted molar refractivity (Wildman–Crippen MR) is 61.7 cm³/mol. The molecule has 3 nitrogen and oxygen atoms in total. The topological polar surface area (TPSA) is 50.1 Å². The van der Waals surface area contributed by atoms with Crippen LogP contribution in [0.5, 0.6) is 0 Å². The Labute approximate surface area is 98.9 Å². The molecule has 0 saturated carbocycles. The van der Waals surface area contributed by atoms with Crippen LogP contribution in [0.3, 0.4) is 0 Å². The lowest BCUT2D eigenvalue weighted by Gasteiger charge is -1.99. The van der Waals surface area contributed by atoms with Crippen molar-refractivity contribution < 1.29 is 9.53 Å². The summed E-state index contributed by atoms with van der Waals surface area (Å²) in [7, 11) is 0. The van der Waals surface area contributed by atoms with Gasteiger partial charge in [-0.05, 0) is 30.7 Å². The minimum absolute atomic E-state index is 0.0379. The van der Waals surface area contributed by atoms with Crippen molar-refractivity contribution in [2.24, 2.45) is 0 Å². The quantitative estimate of drug-likeness (QED) is 0.460. The summed E-state index contributed by atoms with van der Waals surface area (Å²) in [5.41, 5.74) is 0.654. The van der Waals surface area contributed by atoms with Gasteiger partial charge >= 0.3 is 5.97 Å². The maximum Gasteiger partial charge on any atom is 0.348 e. The van der Waals surface area contributed by atoms with Gasteiger partial charge in [0, 0.05) is 5.02 Å². The van der Waals surface area contributed by atoms with Crippen molar-refractivity contribution in [3.63, 3.8) is 0 Å². The third-order valence-corrected chi connectivity index (χ3v) is 2.01. The van der Waals surface area contributed by atoms with Gasteiger partial charge in [-0.2, -0.15) is 5.26 Å². The summed E-state index contributed by atoms with van der Waals surface area (Å²) in [6, 6.07) is 8.68. The number of hydrogen-bond donors (Lipinski definition) is 0.